The fourth-order valence-corrected chi connectivity index (χ4v) is 3.53. The number of fused-ring (bicyclic) bond motifs is 1. The van der Waals surface area contributed by atoms with E-state index in [0.717, 1.165) is 25.2 Å². The maximum absolute atomic E-state index is 5.35. The SMILES string of the molecule is Cc1noc(C2CCc3nnn(C4CCCC4)c3C2)n1. The number of hydrogen-bond acceptors (Lipinski definition) is 5. The Hall–Kier alpha value is -1.72. The first kappa shape index (κ1) is 12.1. The Kier molecular flexibility index (Phi) is 2.82. The minimum Gasteiger partial charge on any atom is -0.339 e. The molecule has 6 heteroatoms. The second-order valence-corrected chi connectivity index (χ2v) is 5.99. The van der Waals surface area contributed by atoms with Gasteiger partial charge in [-0.15, -0.1) is 5.10 Å². The van der Waals surface area contributed by atoms with Crippen molar-refractivity contribution in [2.45, 2.75) is 63.8 Å². The van der Waals surface area contributed by atoms with Gasteiger partial charge in [0, 0.05) is 12.3 Å². The third kappa shape index (κ3) is 1.94. The molecule has 0 aliphatic heterocycles. The average molecular weight is 273 g/mol. The van der Waals surface area contributed by atoms with E-state index in [2.05, 4.69) is 25.1 Å². The van der Waals surface area contributed by atoms with Crippen molar-refractivity contribution < 1.29 is 4.52 Å². The van der Waals surface area contributed by atoms with Gasteiger partial charge in [0.05, 0.1) is 17.4 Å². The molecule has 1 fully saturated rings. The Morgan fingerprint density at radius 1 is 1.20 bits per heavy atom. The molecule has 0 N–H and O–H groups in total. The van der Waals surface area contributed by atoms with Crippen molar-refractivity contribution in [3.05, 3.63) is 23.1 Å². The maximum atomic E-state index is 5.35. The molecule has 6 nitrogen and oxygen atoms in total. The molecule has 0 radical (unpaired) electrons. The molecule has 0 amide bonds. The van der Waals surface area contributed by atoms with E-state index in [1.807, 2.05) is 6.92 Å². The largest absolute Gasteiger partial charge is 0.339 e. The Morgan fingerprint density at radius 2 is 2.05 bits per heavy atom. The van der Waals surface area contributed by atoms with E-state index < -0.39 is 0 Å². The first-order valence-electron chi connectivity index (χ1n) is 7.54. The molecular weight excluding hydrogens is 254 g/mol. The molecule has 106 valence electrons. The molecule has 2 aliphatic carbocycles. The zero-order chi connectivity index (χ0) is 13.5. The van der Waals surface area contributed by atoms with Gasteiger partial charge < -0.3 is 4.52 Å². The van der Waals surface area contributed by atoms with Crippen LogP contribution in [0.25, 0.3) is 0 Å². The fraction of sp³-hybridized carbons (Fsp3) is 0.714. The van der Waals surface area contributed by atoms with E-state index in [-0.39, 0.29) is 0 Å². The normalized spacial score (nSPS) is 23.1. The van der Waals surface area contributed by atoms with Crippen LogP contribution < -0.4 is 0 Å². The summed E-state index contributed by atoms with van der Waals surface area (Å²) in [6.07, 6.45) is 8.02. The second kappa shape index (κ2) is 4.68. The molecular formula is C14H19N5O. The van der Waals surface area contributed by atoms with Crippen LogP contribution in [0.5, 0.6) is 0 Å². The molecule has 2 aliphatic rings. The van der Waals surface area contributed by atoms with Crippen molar-refractivity contribution in [2.75, 3.05) is 0 Å². The molecule has 4 rings (SSSR count). The molecule has 2 aromatic rings. The molecule has 20 heavy (non-hydrogen) atoms. The van der Waals surface area contributed by atoms with E-state index >= 15 is 0 Å². The van der Waals surface area contributed by atoms with Crippen molar-refractivity contribution >= 4 is 0 Å². The average Bonchev–Trinajstić information content (AvgIpc) is 3.17. The van der Waals surface area contributed by atoms with Gasteiger partial charge in [-0.1, -0.05) is 23.2 Å². The Bertz CT molecular complexity index is 611. The third-order valence-corrected chi connectivity index (χ3v) is 4.60. The van der Waals surface area contributed by atoms with Crippen LogP contribution in [0.4, 0.5) is 0 Å². The lowest BCUT2D eigenvalue weighted by molar-refractivity contribution is 0.332. The van der Waals surface area contributed by atoms with Gasteiger partial charge >= 0.3 is 0 Å². The first-order valence-corrected chi connectivity index (χ1v) is 7.54. The summed E-state index contributed by atoms with van der Waals surface area (Å²) in [4.78, 5) is 4.39. The third-order valence-electron chi connectivity index (χ3n) is 4.60. The monoisotopic (exact) mass is 273 g/mol. The van der Waals surface area contributed by atoms with Crippen LogP contribution in [-0.4, -0.2) is 25.1 Å². The van der Waals surface area contributed by atoms with Gasteiger partial charge in [0.2, 0.25) is 5.89 Å². The summed E-state index contributed by atoms with van der Waals surface area (Å²) >= 11 is 0. The number of nitrogens with zero attached hydrogens (tertiary/aromatic N) is 5. The highest BCUT2D eigenvalue weighted by molar-refractivity contribution is 5.19. The van der Waals surface area contributed by atoms with Gasteiger partial charge in [-0.05, 0) is 32.6 Å². The van der Waals surface area contributed by atoms with Crippen LogP contribution in [0, 0.1) is 6.92 Å². The minimum atomic E-state index is 0.322. The van der Waals surface area contributed by atoms with Crippen molar-refractivity contribution in [3.63, 3.8) is 0 Å². The fourth-order valence-electron chi connectivity index (χ4n) is 3.53. The topological polar surface area (TPSA) is 69.6 Å². The Balaban J connectivity index is 1.62. The number of aryl methyl sites for hydroxylation is 2. The molecule has 0 aromatic carbocycles. The van der Waals surface area contributed by atoms with Gasteiger partial charge in [0.15, 0.2) is 5.82 Å². The summed E-state index contributed by atoms with van der Waals surface area (Å²) < 4.78 is 7.53. The van der Waals surface area contributed by atoms with E-state index in [1.54, 1.807) is 0 Å². The smallest absolute Gasteiger partial charge is 0.230 e. The quantitative estimate of drug-likeness (QED) is 0.840. The van der Waals surface area contributed by atoms with Crippen LogP contribution in [0.2, 0.25) is 0 Å². The predicted molar refractivity (Wildman–Crippen MR) is 71.3 cm³/mol. The Morgan fingerprint density at radius 3 is 2.80 bits per heavy atom. The summed E-state index contributed by atoms with van der Waals surface area (Å²) in [6.45, 7) is 1.87. The molecule has 0 saturated heterocycles. The summed E-state index contributed by atoms with van der Waals surface area (Å²) in [6, 6.07) is 0.550. The van der Waals surface area contributed by atoms with E-state index in [0.29, 0.717) is 17.8 Å². The molecule has 2 aromatic heterocycles. The highest BCUT2D eigenvalue weighted by Gasteiger charge is 2.31. The highest BCUT2D eigenvalue weighted by atomic mass is 16.5. The highest BCUT2D eigenvalue weighted by Crippen LogP contribution is 2.35. The summed E-state index contributed by atoms with van der Waals surface area (Å²) in [5.41, 5.74) is 2.47. The summed E-state index contributed by atoms with van der Waals surface area (Å²) in [7, 11) is 0. The van der Waals surface area contributed by atoms with Crippen molar-refractivity contribution in [2.24, 2.45) is 0 Å². The van der Waals surface area contributed by atoms with Gasteiger partial charge in [-0.3, -0.25) is 0 Å². The summed E-state index contributed by atoms with van der Waals surface area (Å²) in [5.74, 6) is 1.81. The summed E-state index contributed by atoms with van der Waals surface area (Å²) in [5, 5.41) is 12.7. The molecule has 1 atom stereocenters. The van der Waals surface area contributed by atoms with E-state index in [9.17, 15) is 0 Å². The van der Waals surface area contributed by atoms with Gasteiger partial charge in [0.25, 0.3) is 0 Å². The lowest BCUT2D eigenvalue weighted by Gasteiger charge is -2.21. The van der Waals surface area contributed by atoms with Gasteiger partial charge in [-0.25, -0.2) is 4.68 Å². The maximum Gasteiger partial charge on any atom is 0.230 e. The standard InChI is InChI=1S/C14H19N5O/c1-9-15-14(20-17-9)10-6-7-12-13(8-10)19(18-16-12)11-4-2-3-5-11/h10-11H,2-8H2,1H3. The van der Waals surface area contributed by atoms with Crippen molar-refractivity contribution in [1.82, 2.24) is 25.1 Å². The van der Waals surface area contributed by atoms with E-state index in [4.69, 9.17) is 4.52 Å². The van der Waals surface area contributed by atoms with E-state index in [1.165, 1.54) is 37.1 Å². The van der Waals surface area contributed by atoms with Crippen LogP contribution >= 0.6 is 0 Å². The van der Waals surface area contributed by atoms with Crippen LogP contribution in [0.15, 0.2) is 4.52 Å². The zero-order valence-electron chi connectivity index (χ0n) is 11.7. The number of aromatic nitrogens is 5. The molecule has 2 heterocycles. The second-order valence-electron chi connectivity index (χ2n) is 5.99. The molecule has 1 unspecified atom stereocenters. The Labute approximate surface area is 117 Å². The number of hydrogen-bond donors (Lipinski definition) is 0. The van der Waals surface area contributed by atoms with Crippen molar-refractivity contribution in [3.8, 4) is 0 Å². The van der Waals surface area contributed by atoms with Crippen LogP contribution in [0.1, 0.15) is 67.2 Å². The van der Waals surface area contributed by atoms with Gasteiger partial charge in [0.1, 0.15) is 0 Å². The zero-order valence-corrected chi connectivity index (χ0v) is 11.7. The molecule has 1 saturated carbocycles. The molecule has 0 spiro atoms. The predicted octanol–water partition coefficient (Wildman–Crippen LogP) is 2.36. The minimum absolute atomic E-state index is 0.322. The molecule has 0 bridgehead atoms. The van der Waals surface area contributed by atoms with Gasteiger partial charge in [-0.2, -0.15) is 4.98 Å². The van der Waals surface area contributed by atoms with Crippen LogP contribution in [0.3, 0.4) is 0 Å². The van der Waals surface area contributed by atoms with Crippen LogP contribution in [-0.2, 0) is 12.8 Å². The first-order chi connectivity index (χ1) is 9.81. The lowest BCUT2D eigenvalue weighted by Crippen LogP contribution is -2.18. The lowest BCUT2D eigenvalue weighted by atomic mass is 9.89. The number of rotatable bonds is 2. The van der Waals surface area contributed by atoms with Crippen molar-refractivity contribution in [1.29, 1.82) is 0 Å².